The molecule has 0 heterocycles. The topological polar surface area (TPSA) is 118 Å². The third kappa shape index (κ3) is 7.60. The molecule has 7 heteroatoms. The van der Waals surface area contributed by atoms with Crippen LogP contribution in [0.15, 0.2) is 30.3 Å². The summed E-state index contributed by atoms with van der Waals surface area (Å²) in [6.07, 6.45) is 0.952. The van der Waals surface area contributed by atoms with E-state index in [0.717, 1.165) is 5.56 Å². The fraction of sp³-hybridized carbons (Fsp3) is 0.444. The van der Waals surface area contributed by atoms with Crippen LogP contribution in [-0.2, 0) is 25.6 Å². The number of amides is 3. The van der Waals surface area contributed by atoms with Crippen LogP contribution >= 0.6 is 0 Å². The van der Waals surface area contributed by atoms with Crippen LogP contribution in [0.3, 0.4) is 0 Å². The molecule has 1 rings (SSSR count). The second-order valence-corrected chi connectivity index (χ2v) is 5.84. The highest BCUT2D eigenvalue weighted by Crippen LogP contribution is 2.06. The maximum atomic E-state index is 12.5. The van der Waals surface area contributed by atoms with Gasteiger partial charge in [-0.1, -0.05) is 37.3 Å². The van der Waals surface area contributed by atoms with Crippen molar-refractivity contribution in [1.82, 2.24) is 10.6 Å². The van der Waals surface area contributed by atoms with E-state index < -0.39 is 23.9 Å². The fourth-order valence-electron chi connectivity index (χ4n) is 2.34. The Bertz CT molecular complexity index is 616. The van der Waals surface area contributed by atoms with E-state index in [-0.39, 0.29) is 31.0 Å². The van der Waals surface area contributed by atoms with E-state index >= 15 is 0 Å². The summed E-state index contributed by atoms with van der Waals surface area (Å²) in [6.45, 7) is 3.05. The summed E-state index contributed by atoms with van der Waals surface area (Å²) in [5.41, 5.74) is 6.18. The number of ketones is 1. The predicted octanol–water partition coefficient (Wildman–Crippen LogP) is 0.463. The normalized spacial score (nSPS) is 12.7. The highest BCUT2D eigenvalue weighted by Gasteiger charge is 2.25. The molecule has 3 amide bonds. The van der Waals surface area contributed by atoms with Crippen molar-refractivity contribution >= 4 is 23.5 Å². The van der Waals surface area contributed by atoms with E-state index in [9.17, 15) is 19.2 Å². The van der Waals surface area contributed by atoms with E-state index in [1.807, 2.05) is 30.3 Å². The molecule has 25 heavy (non-hydrogen) atoms. The highest BCUT2D eigenvalue weighted by atomic mass is 16.2. The Labute approximate surface area is 147 Å². The van der Waals surface area contributed by atoms with Crippen LogP contribution in [0.2, 0.25) is 0 Å². The van der Waals surface area contributed by atoms with E-state index in [1.165, 1.54) is 6.92 Å². The molecule has 1 aromatic rings. The number of nitrogens with two attached hydrogens (primary N) is 1. The van der Waals surface area contributed by atoms with Gasteiger partial charge in [0.25, 0.3) is 0 Å². The van der Waals surface area contributed by atoms with Gasteiger partial charge < -0.3 is 16.4 Å². The van der Waals surface area contributed by atoms with E-state index in [1.54, 1.807) is 6.92 Å². The number of primary amides is 1. The number of benzene rings is 1. The van der Waals surface area contributed by atoms with Crippen LogP contribution in [0.4, 0.5) is 0 Å². The Hall–Kier alpha value is -2.70. The lowest BCUT2D eigenvalue weighted by Crippen LogP contribution is -2.53. The molecule has 0 aliphatic rings. The molecule has 0 aromatic heterocycles. The molecule has 4 N–H and O–H groups in total. The van der Waals surface area contributed by atoms with Crippen molar-refractivity contribution in [2.45, 2.75) is 51.6 Å². The van der Waals surface area contributed by atoms with Gasteiger partial charge in [-0.05, 0) is 12.0 Å². The van der Waals surface area contributed by atoms with Gasteiger partial charge in [0.2, 0.25) is 17.7 Å². The Kier molecular flexibility index (Phi) is 8.32. The lowest BCUT2D eigenvalue weighted by molar-refractivity contribution is -0.131. The first-order chi connectivity index (χ1) is 11.8. The molecule has 0 aliphatic heterocycles. The number of carbonyl (C=O) groups is 4. The predicted molar refractivity (Wildman–Crippen MR) is 93.4 cm³/mol. The summed E-state index contributed by atoms with van der Waals surface area (Å²) >= 11 is 0. The van der Waals surface area contributed by atoms with Crippen molar-refractivity contribution in [3.8, 4) is 0 Å². The molecule has 2 atom stereocenters. The van der Waals surface area contributed by atoms with Gasteiger partial charge >= 0.3 is 0 Å². The SMILES string of the molecule is CCC(=O)CC[C@H](NC(=O)[C@H](Cc1ccccc1)NC(C)=O)C(N)=O. The maximum Gasteiger partial charge on any atom is 0.243 e. The lowest BCUT2D eigenvalue weighted by atomic mass is 10.0. The highest BCUT2D eigenvalue weighted by molar-refractivity contribution is 5.91. The second-order valence-electron chi connectivity index (χ2n) is 5.84. The zero-order valence-electron chi connectivity index (χ0n) is 14.6. The molecule has 0 radical (unpaired) electrons. The van der Waals surface area contributed by atoms with Gasteiger partial charge in [-0.3, -0.25) is 19.2 Å². The summed E-state index contributed by atoms with van der Waals surface area (Å²) in [4.78, 5) is 46.9. The van der Waals surface area contributed by atoms with Crippen molar-refractivity contribution < 1.29 is 19.2 Å². The number of hydrogen-bond acceptors (Lipinski definition) is 4. The number of carbonyl (C=O) groups excluding carboxylic acids is 4. The molecule has 0 fully saturated rings. The molecule has 0 unspecified atom stereocenters. The number of nitrogens with one attached hydrogen (secondary N) is 2. The van der Waals surface area contributed by atoms with Gasteiger partial charge in [0.1, 0.15) is 17.9 Å². The van der Waals surface area contributed by atoms with Crippen LogP contribution < -0.4 is 16.4 Å². The molecular formula is C18H25N3O4. The molecule has 0 saturated carbocycles. The largest absolute Gasteiger partial charge is 0.368 e. The second kappa shape index (κ2) is 10.2. The first-order valence-electron chi connectivity index (χ1n) is 8.25. The lowest BCUT2D eigenvalue weighted by Gasteiger charge is -2.21. The molecule has 0 spiro atoms. The van der Waals surface area contributed by atoms with E-state index in [2.05, 4.69) is 10.6 Å². The van der Waals surface area contributed by atoms with Crippen LogP contribution in [-0.4, -0.2) is 35.6 Å². The van der Waals surface area contributed by atoms with Gasteiger partial charge in [0, 0.05) is 26.2 Å². The minimum absolute atomic E-state index is 0.0109. The van der Waals surface area contributed by atoms with Crippen LogP contribution in [0, 0.1) is 0 Å². The summed E-state index contributed by atoms with van der Waals surface area (Å²) in [5.74, 6) is -1.58. The summed E-state index contributed by atoms with van der Waals surface area (Å²) in [6, 6.07) is 7.42. The molecule has 136 valence electrons. The Morgan fingerprint density at radius 1 is 1.04 bits per heavy atom. The molecule has 0 bridgehead atoms. The molecule has 1 aromatic carbocycles. The molecule has 0 saturated heterocycles. The quantitative estimate of drug-likeness (QED) is 0.570. The van der Waals surface area contributed by atoms with Crippen molar-refractivity contribution in [3.63, 3.8) is 0 Å². The standard InChI is InChI=1S/C18H25N3O4/c1-3-14(23)9-10-15(17(19)24)21-18(25)16(20-12(2)22)11-13-7-5-4-6-8-13/h4-8,15-16H,3,9-11H2,1-2H3,(H2,19,24)(H,20,22)(H,21,25)/t15-,16-/m0/s1. The number of Topliss-reactive ketones (excluding diaryl/α,β-unsaturated/α-hetero) is 1. The van der Waals surface area contributed by atoms with E-state index in [0.29, 0.717) is 6.42 Å². The van der Waals surface area contributed by atoms with Crippen LogP contribution in [0.25, 0.3) is 0 Å². The third-order valence-corrected chi connectivity index (χ3v) is 3.74. The molecule has 7 nitrogen and oxygen atoms in total. The summed E-state index contributed by atoms with van der Waals surface area (Å²) in [5, 5.41) is 5.12. The van der Waals surface area contributed by atoms with Gasteiger partial charge in [-0.15, -0.1) is 0 Å². The van der Waals surface area contributed by atoms with E-state index in [4.69, 9.17) is 5.73 Å². The van der Waals surface area contributed by atoms with Gasteiger partial charge in [-0.2, -0.15) is 0 Å². The van der Waals surface area contributed by atoms with Gasteiger partial charge in [0.15, 0.2) is 0 Å². The molecule has 0 aliphatic carbocycles. The van der Waals surface area contributed by atoms with Crippen LogP contribution in [0.1, 0.15) is 38.7 Å². The van der Waals surface area contributed by atoms with Crippen molar-refractivity contribution in [1.29, 1.82) is 0 Å². The minimum atomic E-state index is -0.949. The average molecular weight is 347 g/mol. The zero-order chi connectivity index (χ0) is 18.8. The van der Waals surface area contributed by atoms with Crippen LogP contribution in [0.5, 0.6) is 0 Å². The number of hydrogen-bond donors (Lipinski definition) is 3. The smallest absolute Gasteiger partial charge is 0.243 e. The molecular weight excluding hydrogens is 322 g/mol. The minimum Gasteiger partial charge on any atom is -0.368 e. The maximum absolute atomic E-state index is 12.5. The van der Waals surface area contributed by atoms with Crippen molar-refractivity contribution in [2.75, 3.05) is 0 Å². The fourth-order valence-corrected chi connectivity index (χ4v) is 2.34. The Morgan fingerprint density at radius 3 is 2.20 bits per heavy atom. The summed E-state index contributed by atoms with van der Waals surface area (Å²) < 4.78 is 0. The Morgan fingerprint density at radius 2 is 1.68 bits per heavy atom. The van der Waals surface area contributed by atoms with Crippen molar-refractivity contribution in [3.05, 3.63) is 35.9 Å². The van der Waals surface area contributed by atoms with Gasteiger partial charge in [-0.25, -0.2) is 0 Å². The third-order valence-electron chi connectivity index (χ3n) is 3.74. The zero-order valence-corrected chi connectivity index (χ0v) is 14.6. The van der Waals surface area contributed by atoms with Crippen molar-refractivity contribution in [2.24, 2.45) is 5.73 Å². The van der Waals surface area contributed by atoms with Gasteiger partial charge in [0.05, 0.1) is 0 Å². The first-order valence-corrected chi connectivity index (χ1v) is 8.25. The average Bonchev–Trinajstić information content (AvgIpc) is 2.57. The number of rotatable bonds is 10. The first kappa shape index (κ1) is 20.3. The monoisotopic (exact) mass is 347 g/mol. The Balaban J connectivity index is 2.78. The summed E-state index contributed by atoms with van der Waals surface area (Å²) in [7, 11) is 0.